The van der Waals surface area contributed by atoms with E-state index < -0.39 is 21.7 Å². The van der Waals surface area contributed by atoms with Crippen LogP contribution < -0.4 is 0 Å². The van der Waals surface area contributed by atoms with Gasteiger partial charge < -0.3 is 5.11 Å². The molecule has 1 N–H and O–H groups in total. The summed E-state index contributed by atoms with van der Waals surface area (Å²) in [6.45, 7) is 1.45. The van der Waals surface area contributed by atoms with Gasteiger partial charge in [0.1, 0.15) is 5.25 Å². The Kier molecular flexibility index (Phi) is 4.62. The van der Waals surface area contributed by atoms with E-state index in [4.69, 9.17) is 0 Å². The highest BCUT2D eigenvalue weighted by molar-refractivity contribution is 9.10. The molecule has 106 valence electrons. The molecule has 0 saturated carbocycles. The number of sulfone groups is 1. The molecular weight excluding hydrogens is 340 g/mol. The highest BCUT2D eigenvalue weighted by Gasteiger charge is 2.28. The fourth-order valence-electron chi connectivity index (χ4n) is 1.95. The number of aliphatic hydroxyl groups excluding tert-OH is 1. The molecule has 0 spiro atoms. The Hall–Kier alpha value is -1.17. The Balaban J connectivity index is 2.44. The van der Waals surface area contributed by atoms with Crippen LogP contribution in [0.1, 0.15) is 16.4 Å². The van der Waals surface area contributed by atoms with Crippen molar-refractivity contribution in [2.45, 2.75) is 17.1 Å². The second kappa shape index (κ2) is 6.08. The minimum atomic E-state index is -3.60. The zero-order valence-electron chi connectivity index (χ0n) is 11.0. The fraction of sp³-hybridized carbons (Fsp3) is 0.200. The van der Waals surface area contributed by atoms with Crippen LogP contribution in [0.3, 0.4) is 0 Å². The summed E-state index contributed by atoms with van der Waals surface area (Å²) < 4.78 is 26.0. The van der Waals surface area contributed by atoms with E-state index in [1.54, 1.807) is 48.5 Å². The summed E-state index contributed by atoms with van der Waals surface area (Å²) in [6.07, 6.45) is 0. The first kappa shape index (κ1) is 15.2. The first-order valence-electron chi connectivity index (χ1n) is 6.12. The molecular formula is C15H15BrO3S. The lowest BCUT2D eigenvalue weighted by Gasteiger charge is -2.16. The van der Waals surface area contributed by atoms with Crippen molar-refractivity contribution in [2.75, 3.05) is 6.61 Å². The molecule has 0 aliphatic carbocycles. The van der Waals surface area contributed by atoms with E-state index in [0.29, 0.717) is 5.56 Å². The molecule has 0 aliphatic rings. The van der Waals surface area contributed by atoms with Gasteiger partial charge in [-0.15, -0.1) is 0 Å². The number of hydrogen-bond acceptors (Lipinski definition) is 3. The van der Waals surface area contributed by atoms with E-state index in [1.165, 1.54) is 0 Å². The van der Waals surface area contributed by atoms with Crippen LogP contribution in [-0.4, -0.2) is 20.1 Å². The minimum Gasteiger partial charge on any atom is -0.395 e. The van der Waals surface area contributed by atoms with Crippen LogP contribution in [0.4, 0.5) is 0 Å². The number of halogens is 1. The van der Waals surface area contributed by atoms with Gasteiger partial charge in [-0.3, -0.25) is 0 Å². The molecule has 1 unspecified atom stereocenters. The van der Waals surface area contributed by atoms with Crippen LogP contribution in [0.25, 0.3) is 0 Å². The van der Waals surface area contributed by atoms with Gasteiger partial charge in [-0.25, -0.2) is 8.42 Å². The highest BCUT2D eigenvalue weighted by Crippen LogP contribution is 2.29. The first-order chi connectivity index (χ1) is 9.45. The fourth-order valence-corrected chi connectivity index (χ4v) is 3.77. The number of hydrogen-bond donors (Lipinski definition) is 1. The van der Waals surface area contributed by atoms with E-state index in [-0.39, 0.29) is 4.90 Å². The van der Waals surface area contributed by atoms with Crippen molar-refractivity contribution in [3.8, 4) is 0 Å². The van der Waals surface area contributed by atoms with Crippen molar-refractivity contribution in [1.29, 1.82) is 0 Å². The lowest BCUT2D eigenvalue weighted by Crippen LogP contribution is -2.17. The van der Waals surface area contributed by atoms with Crippen molar-refractivity contribution in [3.05, 3.63) is 64.1 Å². The Labute approximate surface area is 127 Å². The molecule has 0 heterocycles. The average molecular weight is 355 g/mol. The summed E-state index contributed by atoms with van der Waals surface area (Å²) in [5.74, 6) is 0. The molecule has 1 atom stereocenters. The maximum absolute atomic E-state index is 12.6. The Morgan fingerprint density at radius 3 is 2.10 bits per heavy atom. The van der Waals surface area contributed by atoms with Crippen LogP contribution in [0.5, 0.6) is 0 Å². The van der Waals surface area contributed by atoms with Gasteiger partial charge in [0.05, 0.1) is 11.5 Å². The normalized spacial score (nSPS) is 13.2. The molecule has 0 radical (unpaired) electrons. The van der Waals surface area contributed by atoms with E-state index in [9.17, 15) is 13.5 Å². The number of aliphatic hydroxyl groups is 1. The number of benzene rings is 2. The predicted molar refractivity (Wildman–Crippen MR) is 82.3 cm³/mol. The Morgan fingerprint density at radius 1 is 1.05 bits per heavy atom. The summed E-state index contributed by atoms with van der Waals surface area (Å²) in [5.41, 5.74) is 1.57. The van der Waals surface area contributed by atoms with Crippen molar-refractivity contribution < 1.29 is 13.5 Å². The molecule has 0 fully saturated rings. The molecule has 0 aromatic heterocycles. The van der Waals surface area contributed by atoms with E-state index >= 15 is 0 Å². The van der Waals surface area contributed by atoms with E-state index in [0.717, 1.165) is 10.0 Å². The summed E-state index contributed by atoms with van der Waals surface area (Å²) in [4.78, 5) is 0.227. The van der Waals surface area contributed by atoms with Crippen LogP contribution in [0, 0.1) is 6.92 Å². The summed E-state index contributed by atoms with van der Waals surface area (Å²) in [6, 6.07) is 13.6. The van der Waals surface area contributed by atoms with Crippen LogP contribution in [0.15, 0.2) is 57.9 Å². The zero-order valence-corrected chi connectivity index (χ0v) is 13.4. The Morgan fingerprint density at radius 2 is 1.60 bits per heavy atom. The molecule has 0 amide bonds. The summed E-state index contributed by atoms with van der Waals surface area (Å²) >= 11 is 3.31. The summed E-state index contributed by atoms with van der Waals surface area (Å²) in [5, 5.41) is 8.56. The predicted octanol–water partition coefficient (Wildman–Crippen LogP) is 3.26. The van der Waals surface area contributed by atoms with Crippen molar-refractivity contribution >= 4 is 25.8 Å². The van der Waals surface area contributed by atoms with Gasteiger partial charge >= 0.3 is 0 Å². The molecule has 2 rings (SSSR count). The van der Waals surface area contributed by atoms with E-state index in [1.807, 2.05) is 6.92 Å². The van der Waals surface area contributed by atoms with Crippen LogP contribution >= 0.6 is 15.9 Å². The molecule has 0 saturated heterocycles. The lowest BCUT2D eigenvalue weighted by molar-refractivity contribution is 0.291. The topological polar surface area (TPSA) is 54.4 Å². The standard InChI is InChI=1S/C15H15BrO3S/c1-11-2-8-14(9-3-11)20(18,19)15(10-17)12-4-6-13(16)7-5-12/h2-9,15,17H,10H2,1H3. The van der Waals surface area contributed by atoms with Gasteiger partial charge in [-0.1, -0.05) is 45.8 Å². The quantitative estimate of drug-likeness (QED) is 0.916. The molecule has 0 aliphatic heterocycles. The highest BCUT2D eigenvalue weighted by atomic mass is 79.9. The second-order valence-electron chi connectivity index (χ2n) is 4.58. The zero-order chi connectivity index (χ0) is 14.8. The van der Waals surface area contributed by atoms with Crippen molar-refractivity contribution in [1.82, 2.24) is 0 Å². The third-order valence-electron chi connectivity index (χ3n) is 3.13. The smallest absolute Gasteiger partial charge is 0.187 e. The Bertz CT molecular complexity index is 676. The summed E-state index contributed by atoms with van der Waals surface area (Å²) in [7, 11) is -3.60. The SMILES string of the molecule is Cc1ccc(S(=O)(=O)C(CO)c2ccc(Br)cc2)cc1. The minimum absolute atomic E-state index is 0.227. The van der Waals surface area contributed by atoms with Crippen LogP contribution in [-0.2, 0) is 9.84 Å². The maximum atomic E-state index is 12.6. The lowest BCUT2D eigenvalue weighted by atomic mass is 10.1. The average Bonchev–Trinajstić information content (AvgIpc) is 2.42. The largest absolute Gasteiger partial charge is 0.395 e. The molecule has 2 aromatic carbocycles. The monoisotopic (exact) mass is 354 g/mol. The van der Waals surface area contributed by atoms with Gasteiger partial charge in [-0.05, 0) is 36.8 Å². The van der Waals surface area contributed by atoms with Gasteiger partial charge in [0.15, 0.2) is 9.84 Å². The first-order valence-corrected chi connectivity index (χ1v) is 8.46. The van der Waals surface area contributed by atoms with Gasteiger partial charge in [-0.2, -0.15) is 0 Å². The second-order valence-corrected chi connectivity index (χ2v) is 7.63. The molecule has 2 aromatic rings. The van der Waals surface area contributed by atoms with Crippen LogP contribution in [0.2, 0.25) is 0 Å². The third kappa shape index (κ3) is 3.11. The van der Waals surface area contributed by atoms with Gasteiger partial charge in [0, 0.05) is 4.47 Å². The molecule has 20 heavy (non-hydrogen) atoms. The number of aryl methyl sites for hydroxylation is 1. The number of rotatable bonds is 4. The van der Waals surface area contributed by atoms with Crippen molar-refractivity contribution in [3.63, 3.8) is 0 Å². The van der Waals surface area contributed by atoms with Gasteiger partial charge in [0.25, 0.3) is 0 Å². The maximum Gasteiger partial charge on any atom is 0.187 e. The molecule has 0 bridgehead atoms. The van der Waals surface area contributed by atoms with Crippen molar-refractivity contribution in [2.24, 2.45) is 0 Å². The third-order valence-corrected chi connectivity index (χ3v) is 5.76. The van der Waals surface area contributed by atoms with E-state index in [2.05, 4.69) is 15.9 Å². The molecule has 3 nitrogen and oxygen atoms in total. The van der Waals surface area contributed by atoms with Gasteiger partial charge in [0.2, 0.25) is 0 Å². The molecule has 5 heteroatoms.